The standard InChI is InChI=1S/C14H20N2O3S/c1-11-6-4-5-7-12(11)20(18,19)16-9-8-14(2,10-16)13(17)15-3/h4-7H,8-10H2,1-3H3,(H,15,17). The summed E-state index contributed by atoms with van der Waals surface area (Å²) in [5.74, 6) is -0.111. The van der Waals surface area contributed by atoms with Crippen LogP contribution in [0.2, 0.25) is 0 Å². The van der Waals surface area contributed by atoms with Crippen molar-refractivity contribution in [2.24, 2.45) is 5.41 Å². The molecule has 1 unspecified atom stereocenters. The van der Waals surface area contributed by atoms with Gasteiger partial charge in [-0.3, -0.25) is 4.79 Å². The minimum absolute atomic E-state index is 0.111. The summed E-state index contributed by atoms with van der Waals surface area (Å²) in [6, 6.07) is 6.92. The highest BCUT2D eigenvalue weighted by molar-refractivity contribution is 7.89. The van der Waals surface area contributed by atoms with Crippen LogP contribution in [0, 0.1) is 12.3 Å². The second kappa shape index (κ2) is 5.18. The quantitative estimate of drug-likeness (QED) is 0.909. The molecular weight excluding hydrogens is 276 g/mol. The molecule has 1 aliphatic rings. The predicted molar refractivity (Wildman–Crippen MR) is 76.7 cm³/mol. The van der Waals surface area contributed by atoms with Crippen molar-refractivity contribution in [3.63, 3.8) is 0 Å². The fourth-order valence-corrected chi connectivity index (χ4v) is 4.39. The van der Waals surface area contributed by atoms with Gasteiger partial charge in [-0.1, -0.05) is 18.2 Å². The van der Waals surface area contributed by atoms with E-state index in [1.807, 2.05) is 6.07 Å². The summed E-state index contributed by atoms with van der Waals surface area (Å²) in [5, 5.41) is 2.61. The Bertz CT molecular complexity index is 627. The van der Waals surface area contributed by atoms with E-state index in [9.17, 15) is 13.2 Å². The number of nitrogens with one attached hydrogen (secondary N) is 1. The molecule has 20 heavy (non-hydrogen) atoms. The third kappa shape index (κ3) is 2.45. The van der Waals surface area contributed by atoms with Crippen molar-refractivity contribution in [3.8, 4) is 0 Å². The second-order valence-corrected chi connectivity index (χ2v) is 7.40. The van der Waals surface area contributed by atoms with Gasteiger partial charge in [0, 0.05) is 20.1 Å². The summed E-state index contributed by atoms with van der Waals surface area (Å²) in [4.78, 5) is 12.2. The van der Waals surface area contributed by atoms with Gasteiger partial charge < -0.3 is 5.32 Å². The molecule has 1 aromatic carbocycles. The first-order valence-corrected chi connectivity index (χ1v) is 8.03. The Labute approximate surface area is 120 Å². The van der Waals surface area contributed by atoms with Crippen LogP contribution in [0.4, 0.5) is 0 Å². The average Bonchev–Trinajstić information content (AvgIpc) is 2.83. The molecule has 1 amide bonds. The highest BCUT2D eigenvalue weighted by Crippen LogP contribution is 2.34. The SMILES string of the molecule is CNC(=O)C1(C)CCN(S(=O)(=O)c2ccccc2C)C1. The maximum Gasteiger partial charge on any atom is 0.243 e. The lowest BCUT2D eigenvalue weighted by Gasteiger charge is -2.23. The van der Waals surface area contributed by atoms with Crippen LogP contribution in [0.1, 0.15) is 18.9 Å². The molecular formula is C14H20N2O3S. The number of hydrogen-bond acceptors (Lipinski definition) is 3. The molecule has 1 saturated heterocycles. The lowest BCUT2D eigenvalue weighted by Crippen LogP contribution is -2.40. The number of aryl methyl sites for hydroxylation is 1. The van der Waals surface area contributed by atoms with Gasteiger partial charge in [0.2, 0.25) is 15.9 Å². The number of benzene rings is 1. The predicted octanol–water partition coefficient (Wildman–Crippen LogP) is 1.14. The van der Waals surface area contributed by atoms with E-state index >= 15 is 0 Å². The fraction of sp³-hybridized carbons (Fsp3) is 0.500. The van der Waals surface area contributed by atoms with E-state index in [4.69, 9.17) is 0 Å². The van der Waals surface area contributed by atoms with Crippen LogP contribution in [0.15, 0.2) is 29.2 Å². The molecule has 0 saturated carbocycles. The van der Waals surface area contributed by atoms with Gasteiger partial charge in [0.25, 0.3) is 0 Å². The first-order chi connectivity index (χ1) is 9.31. The number of nitrogens with zero attached hydrogens (tertiary/aromatic N) is 1. The number of sulfonamides is 1. The van der Waals surface area contributed by atoms with E-state index in [2.05, 4.69) is 5.32 Å². The van der Waals surface area contributed by atoms with E-state index in [-0.39, 0.29) is 12.5 Å². The Morgan fingerprint density at radius 3 is 2.60 bits per heavy atom. The molecule has 1 atom stereocenters. The third-order valence-corrected chi connectivity index (χ3v) is 5.93. The third-order valence-electron chi connectivity index (χ3n) is 3.92. The highest BCUT2D eigenvalue weighted by atomic mass is 32.2. The number of amides is 1. The van der Waals surface area contributed by atoms with Crippen molar-refractivity contribution < 1.29 is 13.2 Å². The van der Waals surface area contributed by atoms with E-state index in [1.165, 1.54) is 4.31 Å². The number of hydrogen-bond donors (Lipinski definition) is 1. The van der Waals surface area contributed by atoms with Gasteiger partial charge in [-0.25, -0.2) is 8.42 Å². The molecule has 110 valence electrons. The van der Waals surface area contributed by atoms with Gasteiger partial charge in [0.05, 0.1) is 10.3 Å². The molecule has 2 rings (SSSR count). The minimum Gasteiger partial charge on any atom is -0.359 e. The molecule has 1 aromatic rings. The Kier molecular flexibility index (Phi) is 3.88. The molecule has 0 aromatic heterocycles. The van der Waals surface area contributed by atoms with Crippen molar-refractivity contribution >= 4 is 15.9 Å². The van der Waals surface area contributed by atoms with Gasteiger partial charge in [-0.05, 0) is 31.9 Å². The fourth-order valence-electron chi connectivity index (χ4n) is 2.60. The van der Waals surface area contributed by atoms with Crippen molar-refractivity contribution in [3.05, 3.63) is 29.8 Å². The van der Waals surface area contributed by atoms with Crippen LogP contribution in [-0.2, 0) is 14.8 Å². The summed E-state index contributed by atoms with van der Waals surface area (Å²) in [6.07, 6.45) is 0.539. The van der Waals surface area contributed by atoms with Gasteiger partial charge in [0.15, 0.2) is 0 Å². The first kappa shape index (κ1) is 15.0. The number of carbonyl (C=O) groups excluding carboxylic acids is 1. The van der Waals surface area contributed by atoms with E-state index in [0.717, 1.165) is 5.56 Å². The van der Waals surface area contributed by atoms with Gasteiger partial charge in [-0.2, -0.15) is 4.31 Å². The number of rotatable bonds is 3. The largest absolute Gasteiger partial charge is 0.359 e. The van der Waals surface area contributed by atoms with Gasteiger partial charge in [0.1, 0.15) is 0 Å². The van der Waals surface area contributed by atoms with E-state index in [0.29, 0.717) is 17.9 Å². The van der Waals surface area contributed by atoms with E-state index in [1.54, 1.807) is 39.1 Å². The van der Waals surface area contributed by atoms with Crippen molar-refractivity contribution in [1.29, 1.82) is 0 Å². The maximum absolute atomic E-state index is 12.6. The molecule has 1 fully saturated rings. The number of carbonyl (C=O) groups is 1. The van der Waals surface area contributed by atoms with Crippen molar-refractivity contribution in [1.82, 2.24) is 9.62 Å². The topological polar surface area (TPSA) is 66.5 Å². The van der Waals surface area contributed by atoms with Crippen LogP contribution in [0.5, 0.6) is 0 Å². The molecule has 5 nitrogen and oxygen atoms in total. The first-order valence-electron chi connectivity index (χ1n) is 6.59. The second-order valence-electron chi connectivity index (χ2n) is 5.49. The Morgan fingerprint density at radius 1 is 1.35 bits per heavy atom. The smallest absolute Gasteiger partial charge is 0.243 e. The average molecular weight is 296 g/mol. The molecule has 6 heteroatoms. The lowest BCUT2D eigenvalue weighted by molar-refractivity contribution is -0.128. The summed E-state index contributed by atoms with van der Waals surface area (Å²) in [7, 11) is -1.95. The highest BCUT2D eigenvalue weighted by Gasteiger charge is 2.44. The van der Waals surface area contributed by atoms with Crippen molar-refractivity contribution in [2.45, 2.75) is 25.2 Å². The Morgan fingerprint density at radius 2 is 2.00 bits per heavy atom. The molecule has 1 aliphatic heterocycles. The maximum atomic E-state index is 12.6. The molecule has 0 bridgehead atoms. The van der Waals surface area contributed by atoms with Crippen LogP contribution in [0.25, 0.3) is 0 Å². The zero-order chi connectivity index (χ0) is 15.0. The van der Waals surface area contributed by atoms with E-state index < -0.39 is 15.4 Å². The van der Waals surface area contributed by atoms with Crippen molar-refractivity contribution in [2.75, 3.05) is 20.1 Å². The summed E-state index contributed by atoms with van der Waals surface area (Å²) >= 11 is 0. The zero-order valence-electron chi connectivity index (χ0n) is 12.0. The lowest BCUT2D eigenvalue weighted by atomic mass is 9.89. The zero-order valence-corrected chi connectivity index (χ0v) is 12.8. The van der Waals surface area contributed by atoms with Crippen LogP contribution < -0.4 is 5.32 Å². The monoisotopic (exact) mass is 296 g/mol. The summed E-state index contributed by atoms with van der Waals surface area (Å²) in [5.41, 5.74) is 0.0749. The normalized spacial score (nSPS) is 23.8. The molecule has 0 aliphatic carbocycles. The molecule has 1 N–H and O–H groups in total. The Hall–Kier alpha value is -1.40. The van der Waals surface area contributed by atoms with Crippen LogP contribution >= 0.6 is 0 Å². The summed E-state index contributed by atoms with van der Waals surface area (Å²) in [6.45, 7) is 4.18. The molecule has 0 radical (unpaired) electrons. The van der Waals surface area contributed by atoms with Gasteiger partial charge in [-0.15, -0.1) is 0 Å². The van der Waals surface area contributed by atoms with Crippen LogP contribution in [-0.4, -0.2) is 38.8 Å². The molecule has 1 heterocycles. The molecule has 0 spiro atoms. The summed E-state index contributed by atoms with van der Waals surface area (Å²) < 4.78 is 26.7. The van der Waals surface area contributed by atoms with Crippen LogP contribution in [0.3, 0.4) is 0 Å². The van der Waals surface area contributed by atoms with Gasteiger partial charge >= 0.3 is 0 Å². The Balaban J connectivity index is 2.30. The minimum atomic E-state index is -3.53.